The van der Waals surface area contributed by atoms with E-state index in [4.69, 9.17) is 0 Å². The normalized spacial score (nSPS) is 11.6. The molecule has 0 radical (unpaired) electrons. The fourth-order valence-corrected chi connectivity index (χ4v) is 1.70. The first-order valence-corrected chi connectivity index (χ1v) is 6.08. The van der Waals surface area contributed by atoms with Crippen molar-refractivity contribution >= 4 is 18.3 Å². The molecule has 0 saturated heterocycles. The lowest BCUT2D eigenvalue weighted by Crippen LogP contribution is -2.32. The van der Waals surface area contributed by atoms with Gasteiger partial charge in [-0.05, 0) is 33.8 Å². The molecule has 0 aliphatic heterocycles. The van der Waals surface area contributed by atoms with Crippen molar-refractivity contribution in [3.05, 3.63) is 24.3 Å². The molecule has 0 aliphatic rings. The summed E-state index contributed by atoms with van der Waals surface area (Å²) in [6.07, 6.45) is 0. The van der Waals surface area contributed by atoms with Gasteiger partial charge in [-0.2, -0.15) is 0 Å². The highest BCUT2D eigenvalue weighted by Crippen LogP contribution is 2.13. The monoisotopic (exact) mass is 249 g/mol. The van der Waals surface area contributed by atoms with E-state index in [1.54, 1.807) is 24.3 Å². The third kappa shape index (κ3) is 3.82. The molecule has 98 valence electrons. The Labute approximate surface area is 108 Å². The molecule has 0 heterocycles. The van der Waals surface area contributed by atoms with Crippen LogP contribution >= 0.6 is 0 Å². The molecule has 0 spiro atoms. The molecule has 0 aromatic heterocycles. The Morgan fingerprint density at radius 1 is 1.06 bits per heavy atom. The van der Waals surface area contributed by atoms with Crippen LogP contribution in [0.2, 0.25) is 0 Å². The Morgan fingerprint density at radius 2 is 1.61 bits per heavy atom. The zero-order valence-corrected chi connectivity index (χ0v) is 11.3. The van der Waals surface area contributed by atoms with Crippen LogP contribution in [-0.2, 0) is 0 Å². The molecular formula is C12H20BN3O2. The molecule has 1 aromatic carbocycles. The molecule has 0 amide bonds. The van der Waals surface area contributed by atoms with Crippen LogP contribution in [-0.4, -0.2) is 34.3 Å². The van der Waals surface area contributed by atoms with E-state index in [1.165, 1.54) is 0 Å². The van der Waals surface area contributed by atoms with Crippen molar-refractivity contribution in [1.29, 1.82) is 0 Å². The van der Waals surface area contributed by atoms with Crippen molar-refractivity contribution in [2.45, 2.75) is 39.8 Å². The van der Waals surface area contributed by atoms with Gasteiger partial charge >= 0.3 is 7.12 Å². The Balaban J connectivity index is 2.96. The van der Waals surface area contributed by atoms with E-state index in [9.17, 15) is 10.0 Å². The van der Waals surface area contributed by atoms with Gasteiger partial charge < -0.3 is 10.0 Å². The first-order valence-electron chi connectivity index (χ1n) is 6.08. The van der Waals surface area contributed by atoms with Gasteiger partial charge in [-0.1, -0.05) is 23.4 Å². The summed E-state index contributed by atoms with van der Waals surface area (Å²) in [5.41, 5.74) is 0.826. The summed E-state index contributed by atoms with van der Waals surface area (Å²) in [7, 11) is -1.54. The van der Waals surface area contributed by atoms with Gasteiger partial charge in [-0.3, -0.25) is 5.01 Å². The summed E-state index contributed by atoms with van der Waals surface area (Å²) in [4.78, 5) is 0. The Hall–Kier alpha value is -1.40. The molecule has 0 unspecified atom stereocenters. The van der Waals surface area contributed by atoms with E-state index in [1.807, 2.05) is 32.7 Å². The van der Waals surface area contributed by atoms with Gasteiger partial charge in [0.05, 0.1) is 5.69 Å². The predicted molar refractivity (Wildman–Crippen MR) is 72.9 cm³/mol. The minimum Gasteiger partial charge on any atom is -0.423 e. The molecule has 0 aliphatic carbocycles. The summed E-state index contributed by atoms with van der Waals surface area (Å²) < 4.78 is 0. The number of hydrogen-bond acceptors (Lipinski definition) is 4. The summed E-state index contributed by atoms with van der Waals surface area (Å²) in [5.74, 6) is 0. The summed E-state index contributed by atoms with van der Waals surface area (Å²) in [5, 5.41) is 28.6. The second-order valence-electron chi connectivity index (χ2n) is 4.69. The van der Waals surface area contributed by atoms with Gasteiger partial charge in [-0.25, -0.2) is 0 Å². The zero-order valence-electron chi connectivity index (χ0n) is 11.3. The largest absolute Gasteiger partial charge is 0.490 e. The van der Waals surface area contributed by atoms with Crippen molar-refractivity contribution < 1.29 is 10.0 Å². The Morgan fingerprint density at radius 3 is 2.11 bits per heavy atom. The molecule has 1 aromatic rings. The quantitative estimate of drug-likeness (QED) is 0.472. The zero-order chi connectivity index (χ0) is 13.7. The van der Waals surface area contributed by atoms with Gasteiger partial charge in [0.1, 0.15) is 0 Å². The second-order valence-corrected chi connectivity index (χ2v) is 4.69. The molecule has 0 fully saturated rings. The highest BCUT2D eigenvalue weighted by Gasteiger charge is 2.16. The third-order valence-electron chi connectivity index (χ3n) is 2.53. The SMILES string of the molecule is CC(C)N(N=Nc1ccccc1B(O)O)C(C)C. The number of nitrogens with zero attached hydrogens (tertiary/aromatic N) is 3. The molecule has 5 nitrogen and oxygen atoms in total. The van der Waals surface area contributed by atoms with Crippen molar-refractivity contribution in [2.75, 3.05) is 0 Å². The van der Waals surface area contributed by atoms with Crippen LogP contribution < -0.4 is 5.46 Å². The molecule has 0 saturated carbocycles. The van der Waals surface area contributed by atoms with Crippen molar-refractivity contribution in [3.8, 4) is 0 Å². The van der Waals surface area contributed by atoms with Crippen LogP contribution in [0.15, 0.2) is 34.6 Å². The molecular weight excluding hydrogens is 229 g/mol. The highest BCUT2D eigenvalue weighted by molar-refractivity contribution is 6.60. The minimum absolute atomic E-state index is 0.236. The maximum atomic E-state index is 9.23. The summed E-state index contributed by atoms with van der Waals surface area (Å²) in [6, 6.07) is 7.32. The first kappa shape index (κ1) is 14.7. The lowest BCUT2D eigenvalue weighted by Gasteiger charge is -2.25. The Kier molecular flexibility index (Phi) is 5.31. The molecule has 18 heavy (non-hydrogen) atoms. The van der Waals surface area contributed by atoms with E-state index in [0.717, 1.165) is 0 Å². The van der Waals surface area contributed by atoms with Crippen LogP contribution in [0.3, 0.4) is 0 Å². The second kappa shape index (κ2) is 6.51. The summed E-state index contributed by atoms with van der Waals surface area (Å²) in [6.45, 7) is 8.13. The van der Waals surface area contributed by atoms with Gasteiger partial charge in [0, 0.05) is 17.5 Å². The van der Waals surface area contributed by atoms with Crippen LogP contribution in [0.5, 0.6) is 0 Å². The van der Waals surface area contributed by atoms with Crippen molar-refractivity contribution in [1.82, 2.24) is 5.01 Å². The highest BCUT2D eigenvalue weighted by atomic mass is 16.4. The number of benzene rings is 1. The van der Waals surface area contributed by atoms with Crippen LogP contribution in [0.25, 0.3) is 0 Å². The summed E-state index contributed by atoms with van der Waals surface area (Å²) >= 11 is 0. The number of rotatable bonds is 5. The average Bonchev–Trinajstić information content (AvgIpc) is 2.28. The van der Waals surface area contributed by atoms with Gasteiger partial charge in [0.25, 0.3) is 0 Å². The maximum absolute atomic E-state index is 9.23. The van der Waals surface area contributed by atoms with E-state index in [-0.39, 0.29) is 12.1 Å². The standard InChI is InChI=1S/C12H20BN3O2/c1-9(2)16(10(3)4)15-14-12-8-6-5-7-11(12)13(17)18/h5-10,17-18H,1-4H3. The van der Waals surface area contributed by atoms with E-state index < -0.39 is 7.12 Å². The lowest BCUT2D eigenvalue weighted by molar-refractivity contribution is 0.169. The molecule has 0 bridgehead atoms. The smallest absolute Gasteiger partial charge is 0.423 e. The predicted octanol–water partition coefficient (Wildman–Crippen LogP) is 1.48. The van der Waals surface area contributed by atoms with Gasteiger partial charge in [0.2, 0.25) is 0 Å². The van der Waals surface area contributed by atoms with E-state index >= 15 is 0 Å². The Bertz CT molecular complexity index is 400. The molecule has 0 atom stereocenters. The molecule has 2 N–H and O–H groups in total. The molecule has 1 rings (SSSR count). The third-order valence-corrected chi connectivity index (χ3v) is 2.53. The van der Waals surface area contributed by atoms with Gasteiger partial charge in [0.15, 0.2) is 0 Å². The fraction of sp³-hybridized carbons (Fsp3) is 0.500. The van der Waals surface area contributed by atoms with Crippen molar-refractivity contribution in [2.24, 2.45) is 10.3 Å². The minimum atomic E-state index is -1.54. The lowest BCUT2D eigenvalue weighted by atomic mass is 9.79. The van der Waals surface area contributed by atoms with Gasteiger partial charge in [-0.15, -0.1) is 5.11 Å². The fourth-order valence-electron chi connectivity index (χ4n) is 1.70. The van der Waals surface area contributed by atoms with E-state index in [2.05, 4.69) is 10.3 Å². The first-order chi connectivity index (χ1) is 8.43. The van der Waals surface area contributed by atoms with Crippen molar-refractivity contribution in [3.63, 3.8) is 0 Å². The maximum Gasteiger partial charge on any atom is 0.490 e. The van der Waals surface area contributed by atoms with Crippen LogP contribution in [0.4, 0.5) is 5.69 Å². The van der Waals surface area contributed by atoms with Crippen LogP contribution in [0, 0.1) is 0 Å². The van der Waals surface area contributed by atoms with Crippen LogP contribution in [0.1, 0.15) is 27.7 Å². The van der Waals surface area contributed by atoms with E-state index in [0.29, 0.717) is 11.2 Å². The topological polar surface area (TPSA) is 68.4 Å². The number of hydrogen-bond donors (Lipinski definition) is 2. The molecule has 6 heteroatoms. The average molecular weight is 249 g/mol.